The first kappa shape index (κ1) is 28.2. The number of rotatable bonds is 9. The van der Waals surface area contributed by atoms with Crippen molar-refractivity contribution in [2.75, 3.05) is 25.5 Å². The van der Waals surface area contributed by atoms with E-state index in [9.17, 15) is 29.4 Å². The summed E-state index contributed by atoms with van der Waals surface area (Å²) in [5.74, 6) is -3.80. The molecule has 13 nitrogen and oxygen atoms in total. The molecule has 0 bridgehead atoms. The zero-order valence-electron chi connectivity index (χ0n) is 18.7. The number of carboxylic acids is 2. The number of hydrogen-bond acceptors (Lipinski definition) is 11. The van der Waals surface area contributed by atoms with Gasteiger partial charge in [-0.1, -0.05) is 0 Å². The van der Waals surface area contributed by atoms with E-state index in [2.05, 4.69) is 26.6 Å². The molecule has 7 N–H and O–H groups in total. The minimum atomic E-state index is -1.57. The quantitative estimate of drug-likeness (QED) is 0.176. The summed E-state index contributed by atoms with van der Waals surface area (Å²) >= 11 is 0. The number of nitrogens with zero attached hydrogens (tertiary/aromatic N) is 1. The third-order valence-corrected chi connectivity index (χ3v) is 5.75. The molecule has 2 aliphatic rings. The van der Waals surface area contributed by atoms with Crippen LogP contribution in [0.4, 0.5) is 5.69 Å². The Kier molecular flexibility index (Phi) is 10.5. The largest absolute Gasteiger partial charge is 2.00 e. The number of carbonyl (C=O) groups is 4. The molecule has 14 heteroatoms. The number of aliphatic carboxylic acids is 2. The first-order valence-corrected chi connectivity index (χ1v) is 10.5. The van der Waals surface area contributed by atoms with Crippen LogP contribution in [0.15, 0.2) is 24.3 Å². The minimum absolute atomic E-state index is 0. The third kappa shape index (κ3) is 7.25. The van der Waals surface area contributed by atoms with Crippen LogP contribution in [0.3, 0.4) is 0 Å². The van der Waals surface area contributed by atoms with E-state index < -0.39 is 42.6 Å². The molecule has 5 unspecified atom stereocenters. The number of fused-ring (bicyclic) bond motifs is 1. The molecule has 5 atom stereocenters. The van der Waals surface area contributed by atoms with Crippen molar-refractivity contribution >= 4 is 67.2 Å². The third-order valence-electron chi connectivity index (χ3n) is 5.75. The molecule has 2 heterocycles. The summed E-state index contributed by atoms with van der Waals surface area (Å²) in [6, 6.07) is 4.51. The van der Waals surface area contributed by atoms with Crippen LogP contribution < -0.4 is 42.5 Å². The molecule has 34 heavy (non-hydrogen) atoms. The fourth-order valence-corrected chi connectivity index (χ4v) is 3.89. The number of benzene rings is 1. The molecular formula is C20H27CaN7O6. The summed E-state index contributed by atoms with van der Waals surface area (Å²) in [5.41, 5.74) is 6.68. The molecule has 1 aromatic carbocycles. The molecule has 3 rings (SSSR count). The average molecular weight is 502 g/mol. The molecule has 2 aliphatic heterocycles. The van der Waals surface area contributed by atoms with Crippen molar-refractivity contribution in [1.82, 2.24) is 26.2 Å². The SMILES string of the molecule is CN1C(CNc2ccc(C(=O)NC(CCC(=O)[O-])C(=O)[O-])cc2)CNC2NC(N)NC(=O)C21.[Ca+2]. The van der Waals surface area contributed by atoms with E-state index in [0.29, 0.717) is 13.1 Å². The Bertz CT molecular complexity index is 902. The predicted octanol–water partition coefficient (Wildman–Crippen LogP) is -5.34. The van der Waals surface area contributed by atoms with E-state index in [1.165, 1.54) is 12.1 Å². The number of amides is 2. The van der Waals surface area contributed by atoms with E-state index >= 15 is 0 Å². The smallest absolute Gasteiger partial charge is 0.550 e. The Balaban J connectivity index is 0.00000408. The van der Waals surface area contributed by atoms with Gasteiger partial charge in [-0.15, -0.1) is 0 Å². The van der Waals surface area contributed by atoms with Gasteiger partial charge in [0, 0.05) is 36.4 Å². The van der Waals surface area contributed by atoms with Gasteiger partial charge in [0.15, 0.2) is 0 Å². The number of carbonyl (C=O) groups excluding carboxylic acids is 4. The zero-order chi connectivity index (χ0) is 24.1. The van der Waals surface area contributed by atoms with Gasteiger partial charge in [-0.25, -0.2) is 0 Å². The molecular weight excluding hydrogens is 474 g/mol. The number of anilines is 1. The van der Waals surface area contributed by atoms with Gasteiger partial charge in [0.25, 0.3) is 5.91 Å². The summed E-state index contributed by atoms with van der Waals surface area (Å²) in [5, 5.41) is 36.2. The van der Waals surface area contributed by atoms with E-state index in [0.717, 1.165) is 5.69 Å². The molecule has 2 fully saturated rings. The van der Waals surface area contributed by atoms with Crippen molar-refractivity contribution in [2.24, 2.45) is 5.73 Å². The van der Waals surface area contributed by atoms with Gasteiger partial charge >= 0.3 is 37.7 Å². The Morgan fingerprint density at radius 1 is 1.24 bits per heavy atom. The summed E-state index contributed by atoms with van der Waals surface area (Å²) in [6.07, 6.45) is -1.69. The molecule has 1 aromatic rings. The molecule has 2 amide bonds. The maximum absolute atomic E-state index is 12.3. The van der Waals surface area contributed by atoms with Gasteiger partial charge in [-0.3, -0.25) is 30.9 Å². The van der Waals surface area contributed by atoms with Gasteiger partial charge in [0.05, 0.1) is 18.2 Å². The molecule has 0 aromatic heterocycles. The topological polar surface area (TPSA) is 204 Å². The first-order chi connectivity index (χ1) is 15.7. The molecule has 0 spiro atoms. The minimum Gasteiger partial charge on any atom is -0.550 e. The van der Waals surface area contributed by atoms with E-state index in [1.54, 1.807) is 12.1 Å². The zero-order valence-corrected chi connectivity index (χ0v) is 20.9. The van der Waals surface area contributed by atoms with Crippen LogP contribution in [0, 0.1) is 0 Å². The van der Waals surface area contributed by atoms with Crippen LogP contribution in [0.25, 0.3) is 0 Å². The van der Waals surface area contributed by atoms with Crippen LogP contribution in [0.2, 0.25) is 0 Å². The number of hydrogen-bond donors (Lipinski definition) is 6. The second-order valence-electron chi connectivity index (χ2n) is 8.02. The summed E-state index contributed by atoms with van der Waals surface area (Å²) in [6.45, 7) is 1.14. The van der Waals surface area contributed by atoms with Crippen LogP contribution in [-0.2, 0) is 14.4 Å². The molecule has 0 aliphatic carbocycles. The van der Waals surface area contributed by atoms with Gasteiger partial charge in [0.1, 0.15) is 12.3 Å². The van der Waals surface area contributed by atoms with E-state index in [4.69, 9.17) is 5.73 Å². The van der Waals surface area contributed by atoms with Gasteiger partial charge < -0.3 is 35.8 Å². The Morgan fingerprint density at radius 2 is 1.91 bits per heavy atom. The van der Waals surface area contributed by atoms with Gasteiger partial charge in [-0.05, 0) is 44.2 Å². The van der Waals surface area contributed by atoms with E-state index in [-0.39, 0.29) is 67.8 Å². The summed E-state index contributed by atoms with van der Waals surface area (Å²) in [4.78, 5) is 48.2. The Labute approximate surface area is 226 Å². The van der Waals surface area contributed by atoms with Crippen molar-refractivity contribution in [3.63, 3.8) is 0 Å². The van der Waals surface area contributed by atoms with Crippen LogP contribution >= 0.6 is 0 Å². The molecule has 180 valence electrons. The van der Waals surface area contributed by atoms with Crippen LogP contribution in [-0.4, -0.2) is 117 Å². The Morgan fingerprint density at radius 3 is 2.53 bits per heavy atom. The van der Waals surface area contributed by atoms with Crippen molar-refractivity contribution in [3.05, 3.63) is 29.8 Å². The number of likely N-dealkylation sites (N-methyl/N-ethyl adjacent to an activating group) is 1. The molecule has 0 radical (unpaired) electrons. The average Bonchev–Trinajstić information content (AvgIpc) is 2.75. The fraction of sp³-hybridized carbons (Fsp3) is 0.500. The van der Waals surface area contributed by atoms with Crippen molar-refractivity contribution in [1.29, 1.82) is 0 Å². The maximum atomic E-state index is 12.3. The Hall–Kier alpha value is -2.00. The van der Waals surface area contributed by atoms with E-state index in [1.807, 2.05) is 11.9 Å². The number of carboxylic acid groups (broad SMARTS) is 2. The van der Waals surface area contributed by atoms with Crippen LogP contribution in [0.5, 0.6) is 0 Å². The number of piperazine rings is 1. The normalized spacial score (nSPS) is 25.2. The number of nitrogens with two attached hydrogens (primary N) is 1. The van der Waals surface area contributed by atoms with Crippen molar-refractivity contribution in [3.8, 4) is 0 Å². The predicted molar refractivity (Wildman–Crippen MR) is 118 cm³/mol. The fourth-order valence-electron chi connectivity index (χ4n) is 3.89. The maximum Gasteiger partial charge on any atom is 2.00 e. The summed E-state index contributed by atoms with van der Waals surface area (Å²) < 4.78 is 0. The summed E-state index contributed by atoms with van der Waals surface area (Å²) in [7, 11) is 1.87. The standard InChI is InChI=1S/C20H29N7O6.Ca/c1-27-12(9-23-16-15(27)18(31)26-20(21)25-16)8-22-11-4-2-10(3-5-11)17(30)24-13(19(32)33)6-7-14(28)29;/h2-5,12-13,15-16,20,22-23,25H,6-9,21H2,1H3,(H,24,30)(H,26,31)(H,28,29)(H,32,33);/q;+2/p-2. The van der Waals surface area contributed by atoms with Crippen LogP contribution in [0.1, 0.15) is 23.2 Å². The first-order valence-electron chi connectivity index (χ1n) is 10.5. The molecule has 0 saturated carbocycles. The molecule has 2 saturated heterocycles. The van der Waals surface area contributed by atoms with Crippen molar-refractivity contribution in [2.45, 2.75) is 43.4 Å². The second-order valence-corrected chi connectivity index (χ2v) is 8.02. The van der Waals surface area contributed by atoms with Gasteiger partial charge in [0.2, 0.25) is 5.91 Å². The monoisotopic (exact) mass is 501 g/mol. The second kappa shape index (κ2) is 12.6. The number of nitrogens with one attached hydrogen (secondary N) is 5. The van der Waals surface area contributed by atoms with Crippen molar-refractivity contribution < 1.29 is 29.4 Å². The van der Waals surface area contributed by atoms with Gasteiger partial charge in [-0.2, -0.15) is 0 Å².